The Morgan fingerprint density at radius 2 is 1.44 bits per heavy atom. The van der Waals surface area contributed by atoms with E-state index in [-0.39, 0.29) is 18.2 Å². The molecule has 0 aliphatic rings. The number of carboxylic acids is 1. The Hall–Kier alpha value is -3.15. The van der Waals surface area contributed by atoms with Gasteiger partial charge in [-0.2, -0.15) is 0 Å². The summed E-state index contributed by atoms with van der Waals surface area (Å²) in [6.07, 6.45) is -0.196. The van der Waals surface area contributed by atoms with E-state index in [2.05, 4.69) is 10.6 Å². The minimum atomic E-state index is -1.32. The van der Waals surface area contributed by atoms with Crippen LogP contribution in [0.3, 0.4) is 0 Å². The first-order valence-electron chi connectivity index (χ1n) is 8.72. The highest BCUT2D eigenvalue weighted by Crippen LogP contribution is 2.28. The molecule has 0 unspecified atom stereocenters. The molecule has 0 radical (unpaired) electrons. The molecule has 3 N–H and O–H groups in total. The second-order valence-electron chi connectivity index (χ2n) is 6.95. The summed E-state index contributed by atoms with van der Waals surface area (Å²) in [4.78, 5) is 35.9. The maximum absolute atomic E-state index is 12.4. The van der Waals surface area contributed by atoms with Gasteiger partial charge < -0.3 is 15.7 Å². The predicted octanol–water partition coefficient (Wildman–Crippen LogP) is 3.65. The standard InChI is InChI=1S/C21H24N2O4/c1-14(2)19(25)23-17-11-9-16(10-12-17)22-18(24)13-21(3,20(26)27)15-7-5-4-6-8-15/h4-12,14H,13H2,1-3H3,(H,22,24)(H,23,25)(H,26,27)/t21-/m1/s1. The van der Waals surface area contributed by atoms with E-state index in [1.54, 1.807) is 68.4 Å². The van der Waals surface area contributed by atoms with Crippen LogP contribution in [0.2, 0.25) is 0 Å². The zero-order chi connectivity index (χ0) is 20.0. The van der Waals surface area contributed by atoms with Gasteiger partial charge >= 0.3 is 5.97 Å². The van der Waals surface area contributed by atoms with E-state index < -0.39 is 17.3 Å². The van der Waals surface area contributed by atoms with Gasteiger partial charge in [-0.05, 0) is 36.8 Å². The van der Waals surface area contributed by atoms with Gasteiger partial charge in [-0.15, -0.1) is 0 Å². The van der Waals surface area contributed by atoms with E-state index in [4.69, 9.17) is 0 Å². The zero-order valence-electron chi connectivity index (χ0n) is 15.7. The van der Waals surface area contributed by atoms with Gasteiger partial charge in [0, 0.05) is 23.7 Å². The first kappa shape index (κ1) is 20.2. The molecule has 0 aliphatic heterocycles. The number of aliphatic carboxylic acids is 1. The molecule has 2 amide bonds. The van der Waals surface area contributed by atoms with Crippen LogP contribution < -0.4 is 10.6 Å². The molecule has 2 aromatic carbocycles. The summed E-state index contributed by atoms with van der Waals surface area (Å²) >= 11 is 0. The molecule has 0 saturated heterocycles. The number of hydrogen-bond acceptors (Lipinski definition) is 3. The number of benzene rings is 2. The Kier molecular flexibility index (Phi) is 6.34. The van der Waals surface area contributed by atoms with Gasteiger partial charge in [0.15, 0.2) is 0 Å². The average Bonchev–Trinajstić information content (AvgIpc) is 2.63. The molecule has 0 bridgehead atoms. The summed E-state index contributed by atoms with van der Waals surface area (Å²) < 4.78 is 0. The fourth-order valence-corrected chi connectivity index (χ4v) is 2.56. The van der Waals surface area contributed by atoms with Crippen molar-refractivity contribution in [2.75, 3.05) is 10.6 Å². The van der Waals surface area contributed by atoms with Gasteiger partial charge in [0.05, 0.1) is 5.41 Å². The van der Waals surface area contributed by atoms with Crippen LogP contribution in [0, 0.1) is 5.92 Å². The van der Waals surface area contributed by atoms with Crippen molar-refractivity contribution in [2.24, 2.45) is 5.92 Å². The smallest absolute Gasteiger partial charge is 0.314 e. The third-order valence-electron chi connectivity index (χ3n) is 4.36. The highest BCUT2D eigenvalue weighted by atomic mass is 16.4. The molecule has 0 spiro atoms. The van der Waals surface area contributed by atoms with E-state index >= 15 is 0 Å². The number of amides is 2. The molecule has 27 heavy (non-hydrogen) atoms. The molecule has 0 aromatic heterocycles. The van der Waals surface area contributed by atoms with Crippen molar-refractivity contribution in [3.05, 3.63) is 60.2 Å². The maximum Gasteiger partial charge on any atom is 0.314 e. The lowest BCUT2D eigenvalue weighted by atomic mass is 9.79. The molecule has 6 nitrogen and oxygen atoms in total. The number of nitrogens with one attached hydrogen (secondary N) is 2. The van der Waals surface area contributed by atoms with Crippen LogP contribution in [-0.2, 0) is 19.8 Å². The van der Waals surface area contributed by atoms with Crippen molar-refractivity contribution in [1.29, 1.82) is 0 Å². The Balaban J connectivity index is 2.06. The fraction of sp³-hybridized carbons (Fsp3) is 0.286. The molecule has 0 heterocycles. The zero-order valence-corrected chi connectivity index (χ0v) is 15.7. The van der Waals surface area contributed by atoms with Crippen LogP contribution in [-0.4, -0.2) is 22.9 Å². The quantitative estimate of drug-likeness (QED) is 0.695. The van der Waals surface area contributed by atoms with Crippen LogP contribution in [0.4, 0.5) is 11.4 Å². The molecule has 1 atom stereocenters. The van der Waals surface area contributed by atoms with Gasteiger partial charge in [0.25, 0.3) is 0 Å². The first-order chi connectivity index (χ1) is 12.7. The number of anilines is 2. The number of rotatable bonds is 7. The summed E-state index contributed by atoms with van der Waals surface area (Å²) in [6, 6.07) is 15.4. The predicted molar refractivity (Wildman–Crippen MR) is 105 cm³/mol. The molecular formula is C21H24N2O4. The van der Waals surface area contributed by atoms with Crippen molar-refractivity contribution >= 4 is 29.2 Å². The second-order valence-corrected chi connectivity index (χ2v) is 6.95. The lowest BCUT2D eigenvalue weighted by Gasteiger charge is -2.24. The van der Waals surface area contributed by atoms with Gasteiger partial charge in [0.2, 0.25) is 11.8 Å². The van der Waals surface area contributed by atoms with Gasteiger partial charge in [-0.25, -0.2) is 0 Å². The van der Waals surface area contributed by atoms with Crippen molar-refractivity contribution in [3.63, 3.8) is 0 Å². The molecule has 2 aromatic rings. The van der Waals surface area contributed by atoms with Gasteiger partial charge in [0.1, 0.15) is 0 Å². The van der Waals surface area contributed by atoms with Crippen LogP contribution in [0.5, 0.6) is 0 Å². The third kappa shape index (κ3) is 5.17. The highest BCUT2D eigenvalue weighted by Gasteiger charge is 2.37. The lowest BCUT2D eigenvalue weighted by molar-refractivity contribution is -0.145. The Bertz CT molecular complexity index is 816. The van der Waals surface area contributed by atoms with Crippen LogP contribution in [0.15, 0.2) is 54.6 Å². The second kappa shape index (κ2) is 8.49. The van der Waals surface area contributed by atoms with Crippen LogP contribution in [0.25, 0.3) is 0 Å². The summed E-state index contributed by atoms with van der Waals surface area (Å²) in [7, 11) is 0. The van der Waals surface area contributed by atoms with E-state index in [0.717, 1.165) is 0 Å². The molecule has 6 heteroatoms. The molecule has 0 fully saturated rings. The third-order valence-corrected chi connectivity index (χ3v) is 4.36. The normalized spacial score (nSPS) is 12.9. The van der Waals surface area contributed by atoms with Crippen LogP contribution >= 0.6 is 0 Å². The summed E-state index contributed by atoms with van der Waals surface area (Å²) in [5.74, 6) is -1.68. The highest BCUT2D eigenvalue weighted by molar-refractivity contribution is 5.97. The van der Waals surface area contributed by atoms with Crippen molar-refractivity contribution in [1.82, 2.24) is 0 Å². The SMILES string of the molecule is CC(C)C(=O)Nc1ccc(NC(=O)C[C@@](C)(C(=O)O)c2ccccc2)cc1. The largest absolute Gasteiger partial charge is 0.481 e. The Morgan fingerprint density at radius 1 is 0.926 bits per heavy atom. The summed E-state index contributed by atoms with van der Waals surface area (Å²) in [5.41, 5.74) is 0.408. The van der Waals surface area contributed by atoms with E-state index in [1.807, 2.05) is 0 Å². The average molecular weight is 368 g/mol. The van der Waals surface area contributed by atoms with Gasteiger partial charge in [-0.3, -0.25) is 14.4 Å². The number of carbonyl (C=O) groups excluding carboxylic acids is 2. The summed E-state index contributed by atoms with van der Waals surface area (Å²) in [5, 5.41) is 15.1. The van der Waals surface area contributed by atoms with Crippen molar-refractivity contribution in [2.45, 2.75) is 32.6 Å². The maximum atomic E-state index is 12.4. The van der Waals surface area contributed by atoms with Gasteiger partial charge in [-0.1, -0.05) is 44.2 Å². The molecule has 0 saturated carbocycles. The molecular weight excluding hydrogens is 344 g/mol. The summed E-state index contributed by atoms with van der Waals surface area (Å²) in [6.45, 7) is 5.14. The van der Waals surface area contributed by atoms with Crippen molar-refractivity contribution < 1.29 is 19.5 Å². The minimum absolute atomic E-state index is 0.0909. The number of hydrogen-bond donors (Lipinski definition) is 3. The molecule has 2 rings (SSSR count). The number of carbonyl (C=O) groups is 3. The Labute approximate surface area is 158 Å². The minimum Gasteiger partial charge on any atom is -0.481 e. The first-order valence-corrected chi connectivity index (χ1v) is 8.72. The van der Waals surface area contributed by atoms with E-state index in [9.17, 15) is 19.5 Å². The van der Waals surface area contributed by atoms with Crippen molar-refractivity contribution in [3.8, 4) is 0 Å². The monoisotopic (exact) mass is 368 g/mol. The molecule has 142 valence electrons. The van der Waals surface area contributed by atoms with Crippen LogP contribution in [0.1, 0.15) is 32.8 Å². The van der Waals surface area contributed by atoms with E-state index in [1.165, 1.54) is 6.92 Å². The Morgan fingerprint density at radius 3 is 1.93 bits per heavy atom. The lowest BCUT2D eigenvalue weighted by Crippen LogP contribution is -2.36. The topological polar surface area (TPSA) is 95.5 Å². The number of carboxylic acid groups (broad SMARTS) is 1. The molecule has 0 aliphatic carbocycles. The van der Waals surface area contributed by atoms with E-state index in [0.29, 0.717) is 16.9 Å². The fourth-order valence-electron chi connectivity index (χ4n) is 2.56.